The standard InChI is InChI=1S/C14H28O2Si/c1-5-9-11-13-17(15-7-3,16-8-4)14-12-10-6-2/h5-6H,1-2,7-14H2,3-4H3. The van der Waals surface area contributed by atoms with Gasteiger partial charge in [0.25, 0.3) is 0 Å². The Morgan fingerprint density at radius 2 is 1.29 bits per heavy atom. The molecule has 0 saturated carbocycles. The highest BCUT2D eigenvalue weighted by Gasteiger charge is 2.35. The second kappa shape index (κ2) is 10.8. The molecule has 0 rings (SSSR count). The van der Waals surface area contributed by atoms with Gasteiger partial charge in [-0.05, 0) is 51.6 Å². The van der Waals surface area contributed by atoms with Crippen molar-refractivity contribution in [2.45, 2.75) is 51.6 Å². The van der Waals surface area contributed by atoms with Crippen LogP contribution in [-0.4, -0.2) is 21.8 Å². The molecule has 17 heavy (non-hydrogen) atoms. The van der Waals surface area contributed by atoms with Gasteiger partial charge in [-0.1, -0.05) is 12.2 Å². The van der Waals surface area contributed by atoms with E-state index in [1.807, 2.05) is 12.2 Å². The van der Waals surface area contributed by atoms with Crippen LogP contribution in [0, 0.1) is 0 Å². The van der Waals surface area contributed by atoms with Crippen molar-refractivity contribution in [1.29, 1.82) is 0 Å². The quantitative estimate of drug-likeness (QED) is 0.292. The highest BCUT2D eigenvalue weighted by atomic mass is 28.4. The molecule has 0 aliphatic heterocycles. The molecular weight excluding hydrogens is 228 g/mol. The zero-order valence-electron chi connectivity index (χ0n) is 11.5. The van der Waals surface area contributed by atoms with Crippen molar-refractivity contribution in [1.82, 2.24) is 0 Å². The lowest BCUT2D eigenvalue weighted by atomic mass is 10.3. The van der Waals surface area contributed by atoms with E-state index in [2.05, 4.69) is 27.0 Å². The van der Waals surface area contributed by atoms with E-state index in [4.69, 9.17) is 8.85 Å². The molecule has 100 valence electrons. The van der Waals surface area contributed by atoms with Crippen LogP contribution >= 0.6 is 0 Å². The van der Waals surface area contributed by atoms with Crippen LogP contribution < -0.4 is 0 Å². The molecule has 0 radical (unpaired) electrons. The SMILES string of the molecule is C=CCCC[Si](CCCC=C)(OCC)OCC. The molecule has 0 aromatic rings. The summed E-state index contributed by atoms with van der Waals surface area (Å²) < 4.78 is 12.0. The summed E-state index contributed by atoms with van der Waals surface area (Å²) in [6.45, 7) is 13.2. The Labute approximate surface area is 108 Å². The van der Waals surface area contributed by atoms with Gasteiger partial charge in [0.2, 0.25) is 0 Å². The third-order valence-corrected chi connectivity index (χ3v) is 6.61. The highest BCUT2D eigenvalue weighted by molar-refractivity contribution is 6.67. The van der Waals surface area contributed by atoms with Crippen molar-refractivity contribution >= 4 is 8.56 Å². The van der Waals surface area contributed by atoms with Gasteiger partial charge in [0.15, 0.2) is 0 Å². The molecule has 3 heteroatoms. The first kappa shape index (κ1) is 16.6. The van der Waals surface area contributed by atoms with Gasteiger partial charge in [0, 0.05) is 13.2 Å². The van der Waals surface area contributed by atoms with E-state index in [1.165, 1.54) is 0 Å². The van der Waals surface area contributed by atoms with Crippen molar-refractivity contribution in [3.05, 3.63) is 25.3 Å². The van der Waals surface area contributed by atoms with E-state index in [0.29, 0.717) is 0 Å². The minimum absolute atomic E-state index is 0.758. The summed E-state index contributed by atoms with van der Waals surface area (Å²) in [4.78, 5) is 0. The third-order valence-electron chi connectivity index (χ3n) is 2.75. The molecule has 0 spiro atoms. The number of unbranched alkanes of at least 4 members (excludes halogenated alkanes) is 2. The lowest BCUT2D eigenvalue weighted by Crippen LogP contribution is -2.42. The van der Waals surface area contributed by atoms with Crippen LogP contribution in [0.2, 0.25) is 12.1 Å². The second-order valence-electron chi connectivity index (χ2n) is 4.14. The van der Waals surface area contributed by atoms with Gasteiger partial charge in [-0.3, -0.25) is 0 Å². The maximum atomic E-state index is 6.01. The van der Waals surface area contributed by atoms with Crippen LogP contribution in [0.3, 0.4) is 0 Å². The smallest absolute Gasteiger partial charge is 0.338 e. The zero-order valence-corrected chi connectivity index (χ0v) is 12.5. The molecule has 0 aliphatic carbocycles. The molecule has 0 aliphatic rings. The average molecular weight is 256 g/mol. The largest absolute Gasteiger partial charge is 0.394 e. The van der Waals surface area contributed by atoms with Gasteiger partial charge < -0.3 is 8.85 Å². The van der Waals surface area contributed by atoms with E-state index in [0.717, 1.165) is 51.0 Å². The molecule has 0 saturated heterocycles. The van der Waals surface area contributed by atoms with E-state index in [1.54, 1.807) is 0 Å². The predicted octanol–water partition coefficient (Wildman–Crippen LogP) is 4.43. The monoisotopic (exact) mass is 256 g/mol. The van der Waals surface area contributed by atoms with Crippen LogP contribution in [0.4, 0.5) is 0 Å². The Hall–Kier alpha value is -0.383. The summed E-state index contributed by atoms with van der Waals surface area (Å²) in [7, 11) is -1.97. The summed E-state index contributed by atoms with van der Waals surface area (Å²) >= 11 is 0. The fraction of sp³-hybridized carbons (Fsp3) is 0.714. The first-order valence-electron chi connectivity index (χ1n) is 6.74. The lowest BCUT2D eigenvalue weighted by Gasteiger charge is -2.30. The van der Waals surface area contributed by atoms with Gasteiger partial charge in [-0.25, -0.2) is 0 Å². The topological polar surface area (TPSA) is 18.5 Å². The van der Waals surface area contributed by atoms with Crippen LogP contribution in [-0.2, 0) is 8.85 Å². The molecule has 2 nitrogen and oxygen atoms in total. The molecule has 0 fully saturated rings. The Kier molecular flexibility index (Phi) is 10.5. The maximum absolute atomic E-state index is 6.01. The molecule has 0 N–H and O–H groups in total. The molecule has 0 unspecified atom stereocenters. The van der Waals surface area contributed by atoms with Gasteiger partial charge in [-0.2, -0.15) is 0 Å². The summed E-state index contributed by atoms with van der Waals surface area (Å²) in [5.41, 5.74) is 0. The third kappa shape index (κ3) is 7.52. The summed E-state index contributed by atoms with van der Waals surface area (Å²) in [6, 6.07) is 2.16. The molecule has 0 bridgehead atoms. The van der Waals surface area contributed by atoms with E-state index >= 15 is 0 Å². The summed E-state index contributed by atoms with van der Waals surface area (Å²) in [5, 5.41) is 0. The van der Waals surface area contributed by atoms with Crippen molar-refractivity contribution in [3.63, 3.8) is 0 Å². The predicted molar refractivity (Wildman–Crippen MR) is 77.5 cm³/mol. The van der Waals surface area contributed by atoms with E-state index in [-0.39, 0.29) is 0 Å². The van der Waals surface area contributed by atoms with Crippen LogP contribution in [0.5, 0.6) is 0 Å². The molecular formula is C14H28O2Si. The van der Waals surface area contributed by atoms with Crippen molar-refractivity contribution in [2.75, 3.05) is 13.2 Å². The van der Waals surface area contributed by atoms with Gasteiger partial charge in [-0.15, -0.1) is 13.2 Å². The van der Waals surface area contributed by atoms with Crippen LogP contribution in [0.15, 0.2) is 25.3 Å². The number of rotatable bonds is 12. The Bertz CT molecular complexity index is 182. The molecule has 0 amide bonds. The Balaban J connectivity index is 4.34. The lowest BCUT2D eigenvalue weighted by molar-refractivity contribution is 0.181. The van der Waals surface area contributed by atoms with Gasteiger partial charge >= 0.3 is 8.56 Å². The van der Waals surface area contributed by atoms with E-state index in [9.17, 15) is 0 Å². The van der Waals surface area contributed by atoms with Crippen LogP contribution in [0.1, 0.15) is 39.5 Å². The van der Waals surface area contributed by atoms with Crippen molar-refractivity contribution in [3.8, 4) is 0 Å². The number of hydrogen-bond donors (Lipinski definition) is 0. The highest BCUT2D eigenvalue weighted by Crippen LogP contribution is 2.24. The molecule has 0 heterocycles. The Morgan fingerprint density at radius 3 is 1.59 bits per heavy atom. The van der Waals surface area contributed by atoms with E-state index < -0.39 is 8.56 Å². The molecule has 0 aromatic carbocycles. The minimum atomic E-state index is -1.97. The summed E-state index contributed by atoms with van der Waals surface area (Å²) in [5.74, 6) is 0. The van der Waals surface area contributed by atoms with Gasteiger partial charge in [0.05, 0.1) is 0 Å². The van der Waals surface area contributed by atoms with Crippen molar-refractivity contribution < 1.29 is 8.85 Å². The Morgan fingerprint density at radius 1 is 0.882 bits per heavy atom. The number of allylic oxidation sites excluding steroid dienone is 2. The first-order valence-corrected chi connectivity index (χ1v) is 8.97. The molecule has 0 aromatic heterocycles. The van der Waals surface area contributed by atoms with Gasteiger partial charge in [0.1, 0.15) is 0 Å². The maximum Gasteiger partial charge on any atom is 0.338 e. The average Bonchev–Trinajstić information content (AvgIpc) is 2.30. The van der Waals surface area contributed by atoms with Crippen molar-refractivity contribution in [2.24, 2.45) is 0 Å². The zero-order chi connectivity index (χ0) is 13.0. The second-order valence-corrected chi connectivity index (χ2v) is 7.54. The van der Waals surface area contributed by atoms with Crippen LogP contribution in [0.25, 0.3) is 0 Å². The minimum Gasteiger partial charge on any atom is -0.394 e. The fourth-order valence-corrected chi connectivity index (χ4v) is 5.46. The summed E-state index contributed by atoms with van der Waals surface area (Å²) in [6.07, 6.45) is 8.31. The first-order chi connectivity index (χ1) is 8.24. The number of hydrogen-bond acceptors (Lipinski definition) is 2. The normalized spacial score (nSPS) is 11.4. The fourth-order valence-electron chi connectivity index (χ4n) is 2.01. The molecule has 0 atom stereocenters.